The van der Waals surface area contributed by atoms with Crippen LogP contribution >= 0.6 is 0 Å². The van der Waals surface area contributed by atoms with Crippen molar-refractivity contribution in [3.05, 3.63) is 11.7 Å². The molecule has 0 bridgehead atoms. The molecule has 3 rings (SSSR count). The Bertz CT molecular complexity index is 339. The predicted molar refractivity (Wildman–Crippen MR) is 50.9 cm³/mol. The van der Waals surface area contributed by atoms with Gasteiger partial charge in [0.05, 0.1) is 5.54 Å². The fourth-order valence-electron chi connectivity index (χ4n) is 1.87. The van der Waals surface area contributed by atoms with E-state index in [1.165, 1.54) is 12.8 Å². The van der Waals surface area contributed by atoms with Gasteiger partial charge in [-0.15, -0.1) is 0 Å². The lowest BCUT2D eigenvalue weighted by Gasteiger charge is -2.09. The molecule has 1 N–H and O–H groups in total. The van der Waals surface area contributed by atoms with Crippen molar-refractivity contribution in [2.45, 2.75) is 44.1 Å². The van der Waals surface area contributed by atoms with E-state index in [9.17, 15) is 0 Å². The maximum absolute atomic E-state index is 5.32. The van der Waals surface area contributed by atoms with Gasteiger partial charge in [-0.1, -0.05) is 12.1 Å². The molecule has 1 aromatic rings. The lowest BCUT2D eigenvalue weighted by atomic mass is 10.2. The van der Waals surface area contributed by atoms with Crippen molar-refractivity contribution in [2.24, 2.45) is 0 Å². The van der Waals surface area contributed by atoms with Crippen molar-refractivity contribution in [2.75, 3.05) is 6.54 Å². The Labute approximate surface area is 83.1 Å². The minimum atomic E-state index is 0.0366. The van der Waals surface area contributed by atoms with Gasteiger partial charge < -0.3 is 9.84 Å². The van der Waals surface area contributed by atoms with E-state index in [2.05, 4.69) is 22.4 Å². The highest BCUT2D eigenvalue weighted by Crippen LogP contribution is 2.46. The normalized spacial score (nSPS) is 23.8. The average molecular weight is 193 g/mol. The lowest BCUT2D eigenvalue weighted by Crippen LogP contribution is -2.28. The summed E-state index contributed by atoms with van der Waals surface area (Å²) in [5.41, 5.74) is 0.0366. The van der Waals surface area contributed by atoms with Gasteiger partial charge in [-0.2, -0.15) is 4.98 Å². The molecule has 0 amide bonds. The second-order valence-corrected chi connectivity index (χ2v) is 4.34. The zero-order chi connectivity index (χ0) is 9.60. The maximum Gasteiger partial charge on any atom is 0.246 e. The first-order valence-corrected chi connectivity index (χ1v) is 5.43. The molecule has 14 heavy (non-hydrogen) atoms. The Morgan fingerprint density at radius 3 is 2.86 bits per heavy atom. The molecule has 2 saturated carbocycles. The van der Waals surface area contributed by atoms with E-state index in [0.29, 0.717) is 5.92 Å². The zero-order valence-electron chi connectivity index (χ0n) is 8.42. The molecular formula is C10H15N3O. The summed E-state index contributed by atoms with van der Waals surface area (Å²) in [6.07, 6.45) is 4.72. The number of hydrogen-bond acceptors (Lipinski definition) is 4. The third kappa shape index (κ3) is 1.25. The quantitative estimate of drug-likeness (QED) is 0.788. The molecule has 2 aliphatic rings. The van der Waals surface area contributed by atoms with Crippen molar-refractivity contribution in [1.82, 2.24) is 15.5 Å². The summed E-state index contributed by atoms with van der Waals surface area (Å²) in [4.78, 5) is 4.48. The molecule has 0 saturated heterocycles. The van der Waals surface area contributed by atoms with Gasteiger partial charge in [0, 0.05) is 5.92 Å². The zero-order valence-corrected chi connectivity index (χ0v) is 8.42. The van der Waals surface area contributed by atoms with Crippen LogP contribution in [0.4, 0.5) is 0 Å². The van der Waals surface area contributed by atoms with Crippen molar-refractivity contribution in [3.63, 3.8) is 0 Å². The van der Waals surface area contributed by atoms with Crippen molar-refractivity contribution < 1.29 is 4.52 Å². The third-order valence-electron chi connectivity index (χ3n) is 3.06. The van der Waals surface area contributed by atoms with Gasteiger partial charge in [0.15, 0.2) is 5.82 Å². The molecule has 1 aromatic heterocycles. The van der Waals surface area contributed by atoms with Gasteiger partial charge in [0.1, 0.15) is 0 Å². The van der Waals surface area contributed by atoms with E-state index in [1.807, 2.05) is 0 Å². The standard InChI is InChI=1S/C10H15N3O/c1-2-11-10(5-6-10)9-12-8(13-14-9)7-3-4-7/h7,11H,2-6H2,1H3. The van der Waals surface area contributed by atoms with Crippen LogP contribution < -0.4 is 5.32 Å². The van der Waals surface area contributed by atoms with Crippen LogP contribution in [-0.2, 0) is 5.54 Å². The summed E-state index contributed by atoms with van der Waals surface area (Å²) in [6, 6.07) is 0. The highest BCUT2D eigenvalue weighted by atomic mass is 16.5. The molecule has 0 unspecified atom stereocenters. The Morgan fingerprint density at radius 2 is 2.29 bits per heavy atom. The molecule has 4 heteroatoms. The second-order valence-electron chi connectivity index (χ2n) is 4.34. The molecular weight excluding hydrogens is 178 g/mol. The van der Waals surface area contributed by atoms with E-state index in [1.54, 1.807) is 0 Å². The van der Waals surface area contributed by atoms with E-state index >= 15 is 0 Å². The predicted octanol–water partition coefficient (Wildman–Crippen LogP) is 1.55. The van der Waals surface area contributed by atoms with Crippen LogP contribution in [0.15, 0.2) is 4.52 Å². The summed E-state index contributed by atoms with van der Waals surface area (Å²) in [6.45, 7) is 3.07. The van der Waals surface area contributed by atoms with E-state index < -0.39 is 0 Å². The maximum atomic E-state index is 5.32. The number of hydrogen-bond donors (Lipinski definition) is 1. The highest BCUT2D eigenvalue weighted by Gasteiger charge is 2.49. The first kappa shape index (κ1) is 8.41. The Morgan fingerprint density at radius 1 is 1.50 bits per heavy atom. The fourth-order valence-corrected chi connectivity index (χ4v) is 1.87. The lowest BCUT2D eigenvalue weighted by molar-refractivity contribution is 0.319. The Balaban J connectivity index is 1.81. The molecule has 0 spiro atoms. The highest BCUT2D eigenvalue weighted by molar-refractivity contribution is 5.15. The average Bonchev–Trinajstić information content (AvgIpc) is 3.10. The summed E-state index contributed by atoms with van der Waals surface area (Å²) in [7, 11) is 0. The number of aromatic nitrogens is 2. The van der Waals surface area contributed by atoms with Crippen LogP contribution in [0.5, 0.6) is 0 Å². The van der Waals surface area contributed by atoms with Crippen LogP contribution in [0.25, 0.3) is 0 Å². The molecule has 4 nitrogen and oxygen atoms in total. The minimum Gasteiger partial charge on any atom is -0.337 e. The SMILES string of the molecule is CCNC1(c2nc(C3CC3)no2)CC1. The number of nitrogens with one attached hydrogen (secondary N) is 1. The van der Waals surface area contributed by atoms with Gasteiger partial charge in [-0.3, -0.25) is 0 Å². The molecule has 76 valence electrons. The van der Waals surface area contributed by atoms with E-state index in [0.717, 1.165) is 31.1 Å². The van der Waals surface area contributed by atoms with Crippen LogP contribution in [0.1, 0.15) is 50.2 Å². The van der Waals surface area contributed by atoms with Crippen molar-refractivity contribution in [1.29, 1.82) is 0 Å². The molecule has 2 aliphatic carbocycles. The summed E-state index contributed by atoms with van der Waals surface area (Å²) in [5.74, 6) is 2.32. The summed E-state index contributed by atoms with van der Waals surface area (Å²) >= 11 is 0. The molecule has 0 aromatic carbocycles. The van der Waals surface area contributed by atoms with Crippen LogP contribution in [0.2, 0.25) is 0 Å². The number of rotatable bonds is 4. The van der Waals surface area contributed by atoms with E-state index in [4.69, 9.17) is 4.52 Å². The number of nitrogens with zero attached hydrogens (tertiary/aromatic N) is 2. The van der Waals surface area contributed by atoms with Crippen molar-refractivity contribution >= 4 is 0 Å². The molecule has 2 fully saturated rings. The van der Waals surface area contributed by atoms with Gasteiger partial charge in [-0.05, 0) is 32.2 Å². The largest absolute Gasteiger partial charge is 0.337 e. The van der Waals surface area contributed by atoms with Gasteiger partial charge >= 0.3 is 0 Å². The van der Waals surface area contributed by atoms with Crippen LogP contribution in [0, 0.1) is 0 Å². The molecule has 0 aliphatic heterocycles. The first-order valence-electron chi connectivity index (χ1n) is 5.43. The molecule has 1 heterocycles. The van der Waals surface area contributed by atoms with Gasteiger partial charge in [0.2, 0.25) is 5.89 Å². The third-order valence-corrected chi connectivity index (χ3v) is 3.06. The smallest absolute Gasteiger partial charge is 0.246 e. The minimum absolute atomic E-state index is 0.0366. The van der Waals surface area contributed by atoms with Crippen LogP contribution in [0.3, 0.4) is 0 Å². The van der Waals surface area contributed by atoms with Crippen molar-refractivity contribution in [3.8, 4) is 0 Å². The second kappa shape index (κ2) is 2.79. The monoisotopic (exact) mass is 193 g/mol. The first-order chi connectivity index (χ1) is 6.84. The molecule has 0 radical (unpaired) electrons. The fraction of sp³-hybridized carbons (Fsp3) is 0.800. The molecule has 0 atom stereocenters. The van der Waals surface area contributed by atoms with Gasteiger partial charge in [-0.25, -0.2) is 0 Å². The summed E-state index contributed by atoms with van der Waals surface area (Å²) < 4.78 is 5.32. The topological polar surface area (TPSA) is 51.0 Å². The Kier molecular flexibility index (Phi) is 1.68. The van der Waals surface area contributed by atoms with E-state index in [-0.39, 0.29) is 5.54 Å². The Hall–Kier alpha value is -0.900. The van der Waals surface area contributed by atoms with Crippen LogP contribution in [-0.4, -0.2) is 16.7 Å². The summed E-state index contributed by atoms with van der Waals surface area (Å²) in [5, 5.41) is 7.47. The van der Waals surface area contributed by atoms with Gasteiger partial charge in [0.25, 0.3) is 0 Å².